The SMILES string of the molecule is Cl.O=C(N[C@@H]1CNCC[C@H]1c1cc(F)cc(F)c1)c1cc2c(s1)OCCn1nccc1-2. The van der Waals surface area contributed by atoms with Crippen molar-refractivity contribution in [2.24, 2.45) is 0 Å². The zero-order chi connectivity index (χ0) is 20.7. The van der Waals surface area contributed by atoms with Crippen LogP contribution in [-0.2, 0) is 6.54 Å². The Morgan fingerprint density at radius 3 is 2.87 bits per heavy atom. The van der Waals surface area contributed by atoms with Crippen molar-refractivity contribution in [1.82, 2.24) is 20.4 Å². The molecule has 1 aromatic carbocycles. The number of nitrogens with zero attached hydrogens (tertiary/aromatic N) is 2. The summed E-state index contributed by atoms with van der Waals surface area (Å²) in [6.45, 7) is 2.40. The van der Waals surface area contributed by atoms with E-state index in [1.165, 1.54) is 23.5 Å². The quantitative estimate of drug-likeness (QED) is 0.619. The number of rotatable bonds is 3. The van der Waals surface area contributed by atoms with E-state index >= 15 is 0 Å². The molecule has 31 heavy (non-hydrogen) atoms. The van der Waals surface area contributed by atoms with Crippen molar-refractivity contribution in [1.29, 1.82) is 0 Å². The van der Waals surface area contributed by atoms with Crippen LogP contribution in [0.5, 0.6) is 5.06 Å². The van der Waals surface area contributed by atoms with Gasteiger partial charge < -0.3 is 15.4 Å². The lowest BCUT2D eigenvalue weighted by Crippen LogP contribution is -2.49. The number of carbonyl (C=O) groups excluding carboxylic acids is 1. The van der Waals surface area contributed by atoms with Crippen molar-refractivity contribution in [2.75, 3.05) is 19.7 Å². The van der Waals surface area contributed by atoms with Crippen LogP contribution in [0.1, 0.15) is 27.6 Å². The molecule has 2 N–H and O–H groups in total. The summed E-state index contributed by atoms with van der Waals surface area (Å²) in [5.41, 5.74) is 2.34. The summed E-state index contributed by atoms with van der Waals surface area (Å²) in [5.74, 6) is -1.61. The molecular weight excluding hydrogens is 446 g/mol. The molecule has 5 rings (SSSR count). The smallest absolute Gasteiger partial charge is 0.261 e. The van der Waals surface area contributed by atoms with Gasteiger partial charge in [0.05, 0.1) is 22.7 Å². The second kappa shape index (κ2) is 8.94. The van der Waals surface area contributed by atoms with E-state index in [1.807, 2.05) is 16.8 Å². The Kier molecular flexibility index (Phi) is 6.27. The van der Waals surface area contributed by atoms with E-state index in [1.54, 1.807) is 6.20 Å². The van der Waals surface area contributed by atoms with Crippen molar-refractivity contribution >= 4 is 29.7 Å². The molecule has 0 saturated carbocycles. The van der Waals surface area contributed by atoms with E-state index in [2.05, 4.69) is 15.7 Å². The average molecular weight is 467 g/mol. The summed E-state index contributed by atoms with van der Waals surface area (Å²) in [5, 5.41) is 11.3. The maximum atomic E-state index is 13.7. The van der Waals surface area contributed by atoms with E-state index in [-0.39, 0.29) is 30.3 Å². The zero-order valence-corrected chi connectivity index (χ0v) is 18.1. The van der Waals surface area contributed by atoms with E-state index in [0.717, 1.165) is 23.9 Å². The van der Waals surface area contributed by atoms with Crippen LogP contribution in [0.2, 0.25) is 0 Å². The Bertz CT molecular complexity index is 1080. The maximum absolute atomic E-state index is 13.7. The van der Waals surface area contributed by atoms with Crippen LogP contribution < -0.4 is 15.4 Å². The molecule has 0 radical (unpaired) electrons. The Morgan fingerprint density at radius 1 is 1.26 bits per heavy atom. The first-order valence-electron chi connectivity index (χ1n) is 9.85. The molecule has 6 nitrogen and oxygen atoms in total. The van der Waals surface area contributed by atoms with Gasteiger partial charge in [-0.15, -0.1) is 12.4 Å². The molecule has 1 fully saturated rings. The normalized spacial score (nSPS) is 19.9. The van der Waals surface area contributed by atoms with E-state index < -0.39 is 11.6 Å². The fourth-order valence-electron chi connectivity index (χ4n) is 4.17. The topological polar surface area (TPSA) is 68.2 Å². The van der Waals surface area contributed by atoms with Crippen molar-refractivity contribution in [3.05, 3.63) is 58.6 Å². The van der Waals surface area contributed by atoms with Crippen molar-refractivity contribution in [3.8, 4) is 16.3 Å². The van der Waals surface area contributed by atoms with Gasteiger partial charge in [-0.05, 0) is 42.8 Å². The van der Waals surface area contributed by atoms with Gasteiger partial charge in [0.2, 0.25) is 0 Å². The number of fused-ring (bicyclic) bond motifs is 3. The molecule has 0 aliphatic carbocycles. The number of piperidine rings is 1. The fourth-order valence-corrected chi connectivity index (χ4v) is 5.12. The first-order valence-corrected chi connectivity index (χ1v) is 10.7. The molecule has 2 atom stereocenters. The first kappa shape index (κ1) is 21.7. The van der Waals surface area contributed by atoms with Gasteiger partial charge in [0.1, 0.15) is 18.2 Å². The first-order chi connectivity index (χ1) is 14.6. The molecular formula is C21H21ClF2N4O2S. The molecule has 2 aliphatic heterocycles. The number of nitrogens with one attached hydrogen (secondary N) is 2. The second-order valence-electron chi connectivity index (χ2n) is 7.48. The third kappa shape index (κ3) is 4.30. The van der Waals surface area contributed by atoms with Gasteiger partial charge in [0.25, 0.3) is 5.91 Å². The van der Waals surface area contributed by atoms with Gasteiger partial charge in [-0.3, -0.25) is 9.48 Å². The molecule has 2 aromatic heterocycles. The van der Waals surface area contributed by atoms with Crippen LogP contribution >= 0.6 is 23.7 Å². The molecule has 2 aliphatic rings. The number of ether oxygens (including phenoxy) is 1. The van der Waals surface area contributed by atoms with E-state index in [0.29, 0.717) is 41.6 Å². The van der Waals surface area contributed by atoms with Crippen molar-refractivity contribution in [2.45, 2.75) is 24.9 Å². The minimum atomic E-state index is -0.607. The number of hydrogen-bond donors (Lipinski definition) is 2. The van der Waals surface area contributed by atoms with Crippen LogP contribution in [0.15, 0.2) is 36.5 Å². The number of thiophene rings is 1. The molecule has 4 heterocycles. The van der Waals surface area contributed by atoms with Gasteiger partial charge in [0.15, 0.2) is 5.06 Å². The molecule has 1 amide bonds. The summed E-state index contributed by atoms with van der Waals surface area (Å²) in [7, 11) is 0. The number of aromatic nitrogens is 2. The second-order valence-corrected chi connectivity index (χ2v) is 8.50. The molecule has 164 valence electrons. The highest BCUT2D eigenvalue weighted by molar-refractivity contribution is 7.16. The lowest BCUT2D eigenvalue weighted by Gasteiger charge is -2.33. The standard InChI is InChI=1S/C21H20F2N4O2S.ClH/c22-13-7-12(8-14(23)9-13)15-1-3-24-11-17(15)26-20(28)19-10-16-18-2-4-25-27(18)5-6-29-21(16)30-19;/h2,4,7-10,15,17,24H,1,3,5-6,11H2,(H,26,28);1H/t15-,17+;/m0./s1. The minimum absolute atomic E-state index is 0. The summed E-state index contributed by atoms with van der Waals surface area (Å²) >= 11 is 1.30. The fraction of sp³-hybridized carbons (Fsp3) is 0.333. The van der Waals surface area contributed by atoms with Gasteiger partial charge in [-0.25, -0.2) is 8.78 Å². The number of halogens is 3. The predicted octanol–water partition coefficient (Wildman–Crippen LogP) is 3.58. The molecule has 1 saturated heterocycles. The third-order valence-electron chi connectivity index (χ3n) is 5.56. The molecule has 0 bridgehead atoms. The monoisotopic (exact) mass is 466 g/mol. The van der Waals surface area contributed by atoms with Crippen molar-refractivity contribution in [3.63, 3.8) is 0 Å². The average Bonchev–Trinajstić information content (AvgIpc) is 3.32. The van der Waals surface area contributed by atoms with E-state index in [9.17, 15) is 13.6 Å². The molecule has 0 unspecified atom stereocenters. The lowest BCUT2D eigenvalue weighted by molar-refractivity contribution is 0.0928. The van der Waals surface area contributed by atoms with E-state index in [4.69, 9.17) is 4.74 Å². The molecule has 0 spiro atoms. The van der Waals surface area contributed by atoms with Gasteiger partial charge in [-0.2, -0.15) is 5.10 Å². The van der Waals surface area contributed by atoms with Crippen LogP contribution in [0, 0.1) is 11.6 Å². The highest BCUT2D eigenvalue weighted by Crippen LogP contribution is 2.40. The Labute approximate surface area is 188 Å². The van der Waals surface area contributed by atoms with Crippen LogP contribution in [0.3, 0.4) is 0 Å². The molecule has 3 aromatic rings. The summed E-state index contributed by atoms with van der Waals surface area (Å²) in [4.78, 5) is 13.6. The largest absolute Gasteiger partial charge is 0.481 e. The van der Waals surface area contributed by atoms with Gasteiger partial charge in [-0.1, -0.05) is 11.3 Å². The predicted molar refractivity (Wildman–Crippen MR) is 116 cm³/mol. The summed E-state index contributed by atoms with van der Waals surface area (Å²) in [6, 6.07) is 7.01. The highest BCUT2D eigenvalue weighted by Gasteiger charge is 2.30. The Hall–Kier alpha value is -2.49. The van der Waals surface area contributed by atoms with Gasteiger partial charge in [0, 0.05) is 30.8 Å². The number of carbonyl (C=O) groups is 1. The van der Waals surface area contributed by atoms with Gasteiger partial charge >= 0.3 is 0 Å². The van der Waals surface area contributed by atoms with Crippen LogP contribution in [-0.4, -0.2) is 41.4 Å². The number of amides is 1. The van der Waals surface area contributed by atoms with Crippen LogP contribution in [0.4, 0.5) is 8.78 Å². The zero-order valence-electron chi connectivity index (χ0n) is 16.4. The Balaban J connectivity index is 0.00000231. The number of hydrogen-bond acceptors (Lipinski definition) is 5. The van der Waals surface area contributed by atoms with Crippen molar-refractivity contribution < 1.29 is 18.3 Å². The highest BCUT2D eigenvalue weighted by atomic mass is 35.5. The maximum Gasteiger partial charge on any atom is 0.261 e. The molecule has 10 heteroatoms. The number of benzene rings is 1. The Morgan fingerprint density at radius 2 is 2.06 bits per heavy atom. The van der Waals surface area contributed by atoms with Crippen LogP contribution in [0.25, 0.3) is 11.3 Å². The summed E-state index contributed by atoms with van der Waals surface area (Å²) < 4.78 is 35.1. The third-order valence-corrected chi connectivity index (χ3v) is 6.61. The summed E-state index contributed by atoms with van der Waals surface area (Å²) in [6.07, 6.45) is 2.41. The minimum Gasteiger partial charge on any atom is -0.481 e. The lowest BCUT2D eigenvalue weighted by atomic mass is 9.86.